The summed E-state index contributed by atoms with van der Waals surface area (Å²) in [7, 11) is 0. The minimum Gasteiger partial charge on any atom is -0.373 e. The molecule has 1 aromatic heterocycles. The maximum Gasteiger partial charge on any atom is 0.274 e. The summed E-state index contributed by atoms with van der Waals surface area (Å²) in [5.74, 6) is 1.02. The molecule has 0 aliphatic carbocycles. The van der Waals surface area contributed by atoms with Gasteiger partial charge in [0.25, 0.3) is 5.91 Å². The molecule has 5 heteroatoms. The molecule has 0 unspecified atom stereocenters. The zero-order valence-corrected chi connectivity index (χ0v) is 18.6. The Bertz CT molecular complexity index is 1040. The minimum absolute atomic E-state index is 0.0827. The third-order valence-electron chi connectivity index (χ3n) is 6.66. The molecule has 0 N–H and O–H groups in total. The van der Waals surface area contributed by atoms with E-state index >= 15 is 0 Å². The van der Waals surface area contributed by atoms with Gasteiger partial charge in [-0.1, -0.05) is 67.1 Å². The van der Waals surface area contributed by atoms with Crippen molar-refractivity contribution in [2.45, 2.75) is 57.8 Å². The van der Waals surface area contributed by atoms with Gasteiger partial charge < -0.3 is 14.2 Å². The fourth-order valence-corrected chi connectivity index (χ4v) is 4.86. The van der Waals surface area contributed by atoms with Gasteiger partial charge in [-0.2, -0.15) is 0 Å². The van der Waals surface area contributed by atoms with Crippen LogP contribution in [0.25, 0.3) is 11.4 Å². The van der Waals surface area contributed by atoms with E-state index in [0.717, 1.165) is 68.8 Å². The molecule has 1 amide bonds. The lowest BCUT2D eigenvalue weighted by molar-refractivity contribution is -0.000524. The summed E-state index contributed by atoms with van der Waals surface area (Å²) in [6.45, 7) is 3.03. The normalized spacial score (nSPS) is 17.1. The number of amides is 1. The molecule has 3 heterocycles. The van der Waals surface area contributed by atoms with E-state index in [2.05, 4.69) is 28.8 Å². The fourth-order valence-electron chi connectivity index (χ4n) is 4.86. The summed E-state index contributed by atoms with van der Waals surface area (Å²) in [5, 5.41) is 0. The molecule has 166 valence electrons. The molecule has 0 bridgehead atoms. The van der Waals surface area contributed by atoms with Crippen molar-refractivity contribution in [1.82, 2.24) is 14.5 Å². The van der Waals surface area contributed by atoms with Gasteiger partial charge in [-0.05, 0) is 37.7 Å². The van der Waals surface area contributed by atoms with E-state index < -0.39 is 0 Å². The third-order valence-corrected chi connectivity index (χ3v) is 6.66. The van der Waals surface area contributed by atoms with Crippen molar-refractivity contribution in [1.29, 1.82) is 0 Å². The van der Waals surface area contributed by atoms with Crippen LogP contribution in [0.3, 0.4) is 0 Å². The summed E-state index contributed by atoms with van der Waals surface area (Å²) >= 11 is 0. The number of carbonyl (C=O) groups is 1. The van der Waals surface area contributed by atoms with Gasteiger partial charge in [-0.3, -0.25) is 4.79 Å². The van der Waals surface area contributed by atoms with Gasteiger partial charge in [0.2, 0.25) is 0 Å². The van der Waals surface area contributed by atoms with Crippen LogP contribution in [0.4, 0.5) is 0 Å². The Labute approximate surface area is 190 Å². The average Bonchev–Trinajstić information content (AvgIpc) is 3.04. The third kappa shape index (κ3) is 4.49. The van der Waals surface area contributed by atoms with Crippen LogP contribution in [-0.2, 0) is 24.3 Å². The highest BCUT2D eigenvalue weighted by atomic mass is 16.5. The van der Waals surface area contributed by atoms with E-state index in [9.17, 15) is 4.79 Å². The highest BCUT2D eigenvalue weighted by Gasteiger charge is 2.30. The van der Waals surface area contributed by atoms with E-state index in [1.54, 1.807) is 0 Å². The van der Waals surface area contributed by atoms with E-state index in [1.165, 1.54) is 12.0 Å². The first-order chi connectivity index (χ1) is 15.8. The lowest BCUT2D eigenvalue weighted by Gasteiger charge is -2.31. The number of likely N-dealkylation sites (tertiary alicyclic amines) is 1. The van der Waals surface area contributed by atoms with Crippen LogP contribution in [0.15, 0.2) is 60.7 Å². The number of hydrogen-bond acceptors (Lipinski definition) is 3. The number of nitrogens with zero attached hydrogens (tertiary/aromatic N) is 3. The summed E-state index contributed by atoms with van der Waals surface area (Å²) in [6, 6.07) is 20.6. The second-order valence-electron chi connectivity index (χ2n) is 8.85. The molecule has 0 saturated carbocycles. The van der Waals surface area contributed by atoms with Gasteiger partial charge in [0.1, 0.15) is 11.5 Å². The van der Waals surface area contributed by atoms with Crippen molar-refractivity contribution < 1.29 is 9.53 Å². The second kappa shape index (κ2) is 9.70. The maximum atomic E-state index is 13.5. The van der Waals surface area contributed by atoms with Crippen molar-refractivity contribution in [2.24, 2.45) is 0 Å². The van der Waals surface area contributed by atoms with Crippen molar-refractivity contribution >= 4 is 5.91 Å². The molecule has 2 aliphatic heterocycles. The van der Waals surface area contributed by atoms with Crippen LogP contribution in [0.1, 0.15) is 53.8 Å². The number of ether oxygens (including phenoxy) is 1. The molecule has 2 aliphatic rings. The van der Waals surface area contributed by atoms with E-state index in [4.69, 9.17) is 9.72 Å². The Morgan fingerprint density at radius 2 is 1.62 bits per heavy atom. The zero-order chi connectivity index (χ0) is 21.8. The second-order valence-corrected chi connectivity index (χ2v) is 8.85. The predicted octanol–water partition coefficient (Wildman–Crippen LogP) is 5.10. The van der Waals surface area contributed by atoms with Crippen LogP contribution in [0.5, 0.6) is 0 Å². The van der Waals surface area contributed by atoms with E-state index in [-0.39, 0.29) is 12.0 Å². The smallest absolute Gasteiger partial charge is 0.274 e. The summed E-state index contributed by atoms with van der Waals surface area (Å²) in [5.41, 5.74) is 4.06. The number of piperidine rings is 1. The number of fused-ring (bicyclic) bond motifs is 1. The monoisotopic (exact) mass is 429 g/mol. The molecule has 1 saturated heterocycles. The van der Waals surface area contributed by atoms with Crippen LogP contribution in [0.2, 0.25) is 0 Å². The Morgan fingerprint density at radius 3 is 2.38 bits per heavy atom. The zero-order valence-electron chi connectivity index (χ0n) is 18.6. The van der Waals surface area contributed by atoms with Gasteiger partial charge in [0, 0.05) is 25.2 Å². The number of imidazole rings is 1. The summed E-state index contributed by atoms with van der Waals surface area (Å²) in [6.07, 6.45) is 6.35. The van der Waals surface area contributed by atoms with Crippen molar-refractivity contribution in [2.75, 3.05) is 13.1 Å². The van der Waals surface area contributed by atoms with Gasteiger partial charge in [-0.25, -0.2) is 4.98 Å². The van der Waals surface area contributed by atoms with Gasteiger partial charge >= 0.3 is 0 Å². The van der Waals surface area contributed by atoms with Crippen molar-refractivity contribution in [3.63, 3.8) is 0 Å². The molecule has 5 rings (SSSR count). The first-order valence-electron chi connectivity index (χ1n) is 11.9. The fraction of sp³-hybridized carbons (Fsp3) is 0.407. The topological polar surface area (TPSA) is 47.4 Å². The number of benzene rings is 2. The largest absolute Gasteiger partial charge is 0.373 e. The maximum absolute atomic E-state index is 13.5. The number of carbonyl (C=O) groups excluding carboxylic acids is 1. The van der Waals surface area contributed by atoms with Gasteiger partial charge in [0.15, 0.2) is 0 Å². The molecule has 0 radical (unpaired) electrons. The van der Waals surface area contributed by atoms with Crippen LogP contribution >= 0.6 is 0 Å². The average molecular weight is 430 g/mol. The molecule has 0 spiro atoms. The van der Waals surface area contributed by atoms with Gasteiger partial charge in [-0.15, -0.1) is 0 Å². The molecule has 3 aromatic rings. The predicted molar refractivity (Wildman–Crippen MR) is 125 cm³/mol. The Balaban J connectivity index is 1.29. The molecule has 0 atom stereocenters. The van der Waals surface area contributed by atoms with Crippen LogP contribution in [0, 0.1) is 0 Å². The van der Waals surface area contributed by atoms with Crippen LogP contribution in [-0.4, -0.2) is 39.6 Å². The Kier molecular flexibility index (Phi) is 6.35. The molecule has 1 fully saturated rings. The molecule has 5 nitrogen and oxygen atoms in total. The summed E-state index contributed by atoms with van der Waals surface area (Å²) in [4.78, 5) is 20.4. The van der Waals surface area contributed by atoms with Crippen LogP contribution < -0.4 is 0 Å². The minimum atomic E-state index is 0.0827. The van der Waals surface area contributed by atoms with Crippen molar-refractivity contribution in [3.05, 3.63) is 77.6 Å². The van der Waals surface area contributed by atoms with Crippen molar-refractivity contribution in [3.8, 4) is 11.4 Å². The Hall–Kier alpha value is -2.92. The summed E-state index contributed by atoms with van der Waals surface area (Å²) < 4.78 is 8.41. The highest BCUT2D eigenvalue weighted by molar-refractivity contribution is 5.94. The SMILES string of the molecule is O=C(c1nc(-c2ccccc2)n2c1CCCCC2)N1CCC(OCc2ccccc2)CC1. The number of rotatable bonds is 5. The number of aromatic nitrogens is 2. The quantitative estimate of drug-likeness (QED) is 0.567. The lowest BCUT2D eigenvalue weighted by atomic mass is 10.1. The first-order valence-corrected chi connectivity index (χ1v) is 11.9. The molecular formula is C27H31N3O2. The highest BCUT2D eigenvalue weighted by Crippen LogP contribution is 2.28. The molecular weight excluding hydrogens is 398 g/mol. The Morgan fingerprint density at radius 1 is 0.906 bits per heavy atom. The van der Waals surface area contributed by atoms with E-state index in [1.807, 2.05) is 41.3 Å². The standard InChI is InChI=1S/C27H31N3O2/c31-27(29-18-15-23(16-19-29)32-20-21-10-4-1-5-11-21)25-24-14-8-3-9-17-30(24)26(28-25)22-12-6-2-7-13-22/h1-2,4-7,10-13,23H,3,8-9,14-20H2. The lowest BCUT2D eigenvalue weighted by Crippen LogP contribution is -2.41. The molecule has 2 aromatic carbocycles. The van der Waals surface area contributed by atoms with Gasteiger partial charge in [0.05, 0.1) is 18.4 Å². The van der Waals surface area contributed by atoms with E-state index in [0.29, 0.717) is 12.3 Å². The molecule has 32 heavy (non-hydrogen) atoms. The first kappa shape index (κ1) is 21.0. The number of hydrogen-bond donors (Lipinski definition) is 0.